The highest BCUT2D eigenvalue weighted by Gasteiger charge is 2.58. The van der Waals surface area contributed by atoms with Crippen molar-refractivity contribution in [1.29, 1.82) is 0 Å². The Kier molecular flexibility index (Phi) is 3.37. The summed E-state index contributed by atoms with van der Waals surface area (Å²) < 4.78 is 0. The molecule has 122 valence electrons. The van der Waals surface area contributed by atoms with Crippen LogP contribution in [0.15, 0.2) is 11.6 Å². The molecule has 0 radical (unpaired) electrons. The number of carbonyl (C=O) groups excluding carboxylic acids is 1. The largest absolute Gasteiger partial charge is 0.295 e. The summed E-state index contributed by atoms with van der Waals surface area (Å²) in [6.07, 6.45) is 9.50. The molecule has 8 atom stereocenters. The lowest BCUT2D eigenvalue weighted by Crippen LogP contribution is -2.52. The Labute approximate surface area is 135 Å². The molecule has 0 amide bonds. The molecule has 4 aliphatic rings. The summed E-state index contributed by atoms with van der Waals surface area (Å²) in [4.78, 5) is 11.9. The molecule has 0 bridgehead atoms. The van der Waals surface area contributed by atoms with Gasteiger partial charge in [-0.25, -0.2) is 0 Å². The fourth-order valence-electron chi connectivity index (χ4n) is 7.38. The van der Waals surface area contributed by atoms with Crippen LogP contribution in [0.25, 0.3) is 0 Å². The molecule has 0 spiro atoms. The molecule has 1 nitrogen and oxygen atoms in total. The van der Waals surface area contributed by atoms with Crippen LogP contribution in [-0.2, 0) is 4.79 Å². The monoisotopic (exact) mass is 300 g/mol. The van der Waals surface area contributed by atoms with Gasteiger partial charge in [0.1, 0.15) is 0 Å². The zero-order valence-corrected chi connectivity index (χ0v) is 14.8. The van der Waals surface area contributed by atoms with Crippen LogP contribution in [0, 0.1) is 46.8 Å². The molecule has 22 heavy (non-hydrogen) atoms. The second kappa shape index (κ2) is 4.95. The van der Waals surface area contributed by atoms with Gasteiger partial charge in [0.05, 0.1) is 0 Å². The molecule has 4 aliphatic carbocycles. The van der Waals surface area contributed by atoms with Gasteiger partial charge in [0.15, 0.2) is 5.78 Å². The number of carbonyl (C=O) groups is 1. The highest BCUT2D eigenvalue weighted by molar-refractivity contribution is 5.91. The van der Waals surface area contributed by atoms with Gasteiger partial charge >= 0.3 is 0 Å². The Morgan fingerprint density at radius 1 is 1.05 bits per heavy atom. The van der Waals surface area contributed by atoms with Crippen LogP contribution in [0.4, 0.5) is 0 Å². The van der Waals surface area contributed by atoms with Gasteiger partial charge < -0.3 is 0 Å². The molecular formula is C21H32O. The summed E-state index contributed by atoms with van der Waals surface area (Å²) in [5, 5.41) is 0. The van der Waals surface area contributed by atoms with Crippen molar-refractivity contribution in [3.8, 4) is 0 Å². The predicted octanol–water partition coefficient (Wildman–Crippen LogP) is 5.26. The number of fused-ring (bicyclic) bond motifs is 5. The fourth-order valence-corrected chi connectivity index (χ4v) is 7.38. The van der Waals surface area contributed by atoms with E-state index in [9.17, 15) is 4.79 Å². The van der Waals surface area contributed by atoms with Gasteiger partial charge in [0, 0.05) is 6.42 Å². The Hall–Kier alpha value is -0.590. The van der Waals surface area contributed by atoms with E-state index >= 15 is 0 Å². The van der Waals surface area contributed by atoms with Gasteiger partial charge in [-0.05, 0) is 85.0 Å². The Morgan fingerprint density at radius 2 is 1.82 bits per heavy atom. The first-order chi connectivity index (χ1) is 10.4. The number of allylic oxidation sites excluding steroid dienone is 1. The highest BCUT2D eigenvalue weighted by Crippen LogP contribution is 2.66. The van der Waals surface area contributed by atoms with Crippen LogP contribution in [0.2, 0.25) is 0 Å². The number of hydrogen-bond acceptors (Lipinski definition) is 1. The van der Waals surface area contributed by atoms with Crippen molar-refractivity contribution in [2.24, 2.45) is 46.8 Å². The molecule has 3 fully saturated rings. The summed E-state index contributed by atoms with van der Waals surface area (Å²) in [7, 11) is 0. The van der Waals surface area contributed by atoms with Crippen LogP contribution >= 0.6 is 0 Å². The van der Waals surface area contributed by atoms with E-state index in [4.69, 9.17) is 0 Å². The zero-order valence-electron chi connectivity index (χ0n) is 14.8. The summed E-state index contributed by atoms with van der Waals surface area (Å²) in [5.74, 6) is 6.33. The third kappa shape index (κ3) is 1.93. The van der Waals surface area contributed by atoms with Crippen LogP contribution in [0.5, 0.6) is 0 Å². The van der Waals surface area contributed by atoms with E-state index in [-0.39, 0.29) is 0 Å². The minimum absolute atomic E-state index is 0.389. The maximum Gasteiger partial charge on any atom is 0.155 e. The van der Waals surface area contributed by atoms with Crippen LogP contribution in [0.1, 0.15) is 66.2 Å². The van der Waals surface area contributed by atoms with E-state index < -0.39 is 0 Å². The van der Waals surface area contributed by atoms with E-state index in [0.29, 0.717) is 11.2 Å². The minimum Gasteiger partial charge on any atom is -0.295 e. The molecule has 0 N–H and O–H groups in total. The third-order valence-corrected chi connectivity index (χ3v) is 8.42. The summed E-state index contributed by atoms with van der Waals surface area (Å²) in [5.41, 5.74) is 2.10. The average molecular weight is 300 g/mol. The topological polar surface area (TPSA) is 17.1 Å². The Balaban J connectivity index is 1.73. The molecule has 0 heterocycles. The van der Waals surface area contributed by atoms with E-state index in [0.717, 1.165) is 54.3 Å². The van der Waals surface area contributed by atoms with E-state index in [2.05, 4.69) is 27.7 Å². The summed E-state index contributed by atoms with van der Waals surface area (Å²) in [6.45, 7) is 10.1. The van der Waals surface area contributed by atoms with Gasteiger partial charge in [0.25, 0.3) is 0 Å². The normalized spacial score (nSPS) is 54.3. The molecule has 3 saturated carbocycles. The highest BCUT2D eigenvalue weighted by atomic mass is 16.1. The maximum atomic E-state index is 11.9. The van der Waals surface area contributed by atoms with E-state index in [1.165, 1.54) is 31.3 Å². The number of ketones is 1. The lowest BCUT2D eigenvalue weighted by molar-refractivity contribution is -0.117. The second-order valence-electron chi connectivity index (χ2n) is 9.44. The minimum atomic E-state index is 0.389. The van der Waals surface area contributed by atoms with Crippen molar-refractivity contribution in [2.75, 3.05) is 0 Å². The number of hydrogen-bond donors (Lipinski definition) is 0. The van der Waals surface area contributed by atoms with Gasteiger partial charge in [-0.15, -0.1) is 0 Å². The molecule has 0 saturated heterocycles. The van der Waals surface area contributed by atoms with Crippen LogP contribution < -0.4 is 0 Å². The Bertz CT molecular complexity index is 518. The van der Waals surface area contributed by atoms with Crippen molar-refractivity contribution < 1.29 is 4.79 Å². The summed E-state index contributed by atoms with van der Waals surface area (Å²) in [6, 6.07) is 0. The molecule has 0 aromatic carbocycles. The summed E-state index contributed by atoms with van der Waals surface area (Å²) >= 11 is 0. The van der Waals surface area contributed by atoms with Gasteiger partial charge in [-0.2, -0.15) is 0 Å². The van der Waals surface area contributed by atoms with E-state index in [1.54, 1.807) is 0 Å². The Morgan fingerprint density at radius 3 is 2.59 bits per heavy atom. The van der Waals surface area contributed by atoms with Crippen molar-refractivity contribution in [3.63, 3.8) is 0 Å². The molecule has 1 heteroatoms. The molecule has 4 rings (SSSR count). The van der Waals surface area contributed by atoms with Gasteiger partial charge in [-0.3, -0.25) is 4.79 Å². The first kappa shape index (κ1) is 15.0. The lowest BCUT2D eigenvalue weighted by atomic mass is 9.46. The maximum absolute atomic E-state index is 11.9. The lowest BCUT2D eigenvalue weighted by Gasteiger charge is -2.58. The van der Waals surface area contributed by atoms with E-state index in [1.807, 2.05) is 6.08 Å². The van der Waals surface area contributed by atoms with Gasteiger partial charge in [-0.1, -0.05) is 33.3 Å². The first-order valence-corrected chi connectivity index (χ1v) is 9.65. The molecule has 3 unspecified atom stereocenters. The predicted molar refractivity (Wildman–Crippen MR) is 90.4 cm³/mol. The van der Waals surface area contributed by atoms with Gasteiger partial charge in [0.2, 0.25) is 0 Å². The van der Waals surface area contributed by atoms with Crippen molar-refractivity contribution in [1.82, 2.24) is 0 Å². The second-order valence-corrected chi connectivity index (χ2v) is 9.44. The molecule has 0 aliphatic heterocycles. The SMILES string of the molecule is C[C@@H]1CC2=CC(=O)CC[C@@H]2C2C1C1CC[C@H](C)[C@@]1(C)C[C@@H]2C. The fraction of sp³-hybridized carbons (Fsp3) is 0.857. The molecular weight excluding hydrogens is 268 g/mol. The van der Waals surface area contributed by atoms with Crippen molar-refractivity contribution in [2.45, 2.75) is 66.2 Å². The smallest absolute Gasteiger partial charge is 0.155 e. The van der Waals surface area contributed by atoms with Crippen LogP contribution in [-0.4, -0.2) is 5.78 Å². The molecule has 0 aromatic rings. The van der Waals surface area contributed by atoms with Crippen molar-refractivity contribution in [3.05, 3.63) is 11.6 Å². The van der Waals surface area contributed by atoms with Crippen LogP contribution in [0.3, 0.4) is 0 Å². The number of rotatable bonds is 0. The zero-order chi connectivity index (χ0) is 15.6. The molecule has 0 aromatic heterocycles. The third-order valence-electron chi connectivity index (χ3n) is 8.42. The van der Waals surface area contributed by atoms with Crippen molar-refractivity contribution >= 4 is 5.78 Å². The first-order valence-electron chi connectivity index (χ1n) is 9.65. The average Bonchev–Trinajstić information content (AvgIpc) is 2.74. The quantitative estimate of drug-likeness (QED) is 0.596. The standard InChI is InChI=1S/C21H32O/c1-12-9-15-10-16(22)6-7-17(15)19-13(2)11-21(4)14(3)5-8-18(21)20(12)19/h10,12-14,17-20H,5-9,11H2,1-4H3/t12-,13+,14+,17+,18?,19?,20?,21-/m1/s1.